The average Bonchev–Trinajstić information content (AvgIpc) is 2.84. The minimum absolute atomic E-state index is 0.0656. The van der Waals surface area contributed by atoms with Crippen LogP contribution in [0.3, 0.4) is 0 Å². The highest BCUT2D eigenvalue weighted by Crippen LogP contribution is 2.32. The van der Waals surface area contributed by atoms with E-state index in [1.54, 1.807) is 66.9 Å². The van der Waals surface area contributed by atoms with Crippen LogP contribution in [0, 0.1) is 11.3 Å². The molecular formula is C23H16B6N6O2. The highest BCUT2D eigenvalue weighted by atomic mass is 16.5. The van der Waals surface area contributed by atoms with Crippen LogP contribution in [0.5, 0.6) is 0 Å². The Morgan fingerprint density at radius 2 is 1.62 bits per heavy atom. The summed E-state index contributed by atoms with van der Waals surface area (Å²) in [5, 5.41) is 9.52. The minimum Gasteiger partial charge on any atom is -0.390 e. The number of amides is 1. The molecule has 2 heterocycles. The first kappa shape index (κ1) is 26.5. The van der Waals surface area contributed by atoms with Crippen molar-refractivity contribution in [3.63, 3.8) is 0 Å². The summed E-state index contributed by atoms with van der Waals surface area (Å²) in [5.41, 5.74) is 2.96. The average molecular weight is 473 g/mol. The van der Waals surface area contributed by atoms with Gasteiger partial charge in [0.15, 0.2) is 0 Å². The zero-order valence-electron chi connectivity index (χ0n) is 19.8. The van der Waals surface area contributed by atoms with Crippen molar-refractivity contribution in [1.82, 2.24) is 15.3 Å². The van der Waals surface area contributed by atoms with Gasteiger partial charge < -0.3 is 20.3 Å². The van der Waals surface area contributed by atoms with Crippen molar-refractivity contribution in [2.45, 2.75) is 16.0 Å². The number of carbonyl (C=O) groups is 1. The van der Waals surface area contributed by atoms with E-state index in [0.29, 0.717) is 23.0 Å². The molecule has 8 nitrogen and oxygen atoms in total. The highest BCUT2D eigenvalue weighted by Gasteiger charge is 2.40. The lowest BCUT2D eigenvalue weighted by Crippen LogP contribution is -2.70. The Hall–Kier alpha value is -3.57. The maximum absolute atomic E-state index is 12.2. The van der Waals surface area contributed by atoms with E-state index in [1.165, 1.54) is 4.90 Å². The first-order chi connectivity index (χ1) is 17.4. The van der Waals surface area contributed by atoms with Crippen LogP contribution < -0.4 is 15.5 Å². The zero-order valence-corrected chi connectivity index (χ0v) is 19.8. The normalized spacial score (nSPS) is 16.4. The number of rotatable bonds is 6. The number of anilines is 3. The Kier molecular flexibility index (Phi) is 7.20. The molecule has 1 aliphatic heterocycles. The van der Waals surface area contributed by atoms with Gasteiger partial charge in [0.05, 0.1) is 56.4 Å². The van der Waals surface area contributed by atoms with Crippen LogP contribution in [0.4, 0.5) is 17.3 Å². The van der Waals surface area contributed by atoms with E-state index in [0.717, 1.165) is 5.56 Å². The molecule has 0 saturated carbocycles. The van der Waals surface area contributed by atoms with E-state index in [4.69, 9.17) is 57.1 Å². The molecule has 12 radical (unpaired) electrons. The summed E-state index contributed by atoms with van der Waals surface area (Å²) < 4.78 is 5.33. The topological polar surface area (TPSA) is 103 Å². The number of hydrogen-bond acceptors (Lipinski definition) is 7. The number of morpholine rings is 1. The lowest BCUT2D eigenvalue weighted by molar-refractivity contribution is 0.0834. The summed E-state index contributed by atoms with van der Waals surface area (Å²) in [4.78, 5) is 22.5. The fourth-order valence-electron chi connectivity index (χ4n) is 3.86. The molecule has 1 amide bonds. The van der Waals surface area contributed by atoms with E-state index in [9.17, 15) is 4.79 Å². The van der Waals surface area contributed by atoms with Crippen molar-refractivity contribution in [1.29, 1.82) is 5.26 Å². The third-order valence-electron chi connectivity index (χ3n) is 5.48. The third-order valence-corrected chi connectivity index (χ3v) is 5.48. The highest BCUT2D eigenvalue weighted by molar-refractivity contribution is 6.48. The molecule has 0 spiro atoms. The van der Waals surface area contributed by atoms with Gasteiger partial charge >= 0.3 is 0 Å². The van der Waals surface area contributed by atoms with Gasteiger partial charge in [-0.1, -0.05) is 12.1 Å². The molecule has 1 aromatic heterocycles. The van der Waals surface area contributed by atoms with Crippen LogP contribution in [0.15, 0.2) is 60.8 Å². The Morgan fingerprint density at radius 1 is 1.00 bits per heavy atom. The fraction of sp³-hybridized carbons (Fsp3) is 0.217. The van der Waals surface area contributed by atoms with Gasteiger partial charge in [-0.2, -0.15) is 5.26 Å². The van der Waals surface area contributed by atoms with Crippen molar-refractivity contribution in [3.8, 4) is 17.3 Å². The van der Waals surface area contributed by atoms with E-state index in [2.05, 4.69) is 20.6 Å². The second-order valence-electron chi connectivity index (χ2n) is 8.76. The Bertz CT molecular complexity index is 1310. The molecule has 14 heteroatoms. The monoisotopic (exact) mass is 474 g/mol. The van der Waals surface area contributed by atoms with Crippen LogP contribution >= 0.6 is 0 Å². The maximum atomic E-state index is 12.2. The van der Waals surface area contributed by atoms with Crippen LogP contribution in [-0.4, -0.2) is 92.2 Å². The molecule has 0 aliphatic carbocycles. The number of benzene rings is 2. The van der Waals surface area contributed by atoms with Crippen LogP contribution in [-0.2, 0) is 4.74 Å². The van der Waals surface area contributed by atoms with Gasteiger partial charge in [0, 0.05) is 34.0 Å². The largest absolute Gasteiger partial charge is 0.390 e. The fourth-order valence-corrected chi connectivity index (χ4v) is 3.86. The summed E-state index contributed by atoms with van der Waals surface area (Å²) in [6.07, 6.45) is 1.60. The number of nitrogens with one attached hydrogen (secondary N) is 2. The molecule has 2 N–H and O–H groups in total. The Labute approximate surface area is 223 Å². The van der Waals surface area contributed by atoms with Crippen molar-refractivity contribution in [2.75, 3.05) is 23.4 Å². The summed E-state index contributed by atoms with van der Waals surface area (Å²) in [7, 11) is 35.5. The molecule has 4 rings (SSSR count). The smallest absolute Gasteiger partial charge is 0.251 e. The van der Waals surface area contributed by atoms with E-state index in [-0.39, 0.29) is 18.8 Å². The molecule has 0 atom stereocenters. The standard InChI is InChI=1S/C23H16B6N6O2/c24-21(25,11-30)34-19(36)15-3-1-14(2-4-15)18-9-10-31-20(33-18)32-16-5-7-17(8-6-16)35-22(26,27)12-37-13-23(35,28)29/h1-10H,12-13H2,(H,34,36)(H,31,32,33). The molecule has 3 aromatic rings. The number of aromatic nitrogens is 2. The van der Waals surface area contributed by atoms with E-state index in [1.807, 2.05) is 0 Å². The third kappa shape index (κ3) is 6.05. The number of nitriles is 1. The first-order valence-corrected chi connectivity index (χ1v) is 11.1. The summed E-state index contributed by atoms with van der Waals surface area (Å²) >= 11 is 0. The molecule has 1 aliphatic rings. The molecule has 37 heavy (non-hydrogen) atoms. The van der Waals surface area contributed by atoms with Crippen LogP contribution in [0.25, 0.3) is 11.3 Å². The Balaban J connectivity index is 1.48. The van der Waals surface area contributed by atoms with E-state index < -0.39 is 21.9 Å². The summed E-state index contributed by atoms with van der Waals surface area (Å²) in [6, 6.07) is 17.0. The maximum Gasteiger partial charge on any atom is 0.251 e. The predicted molar refractivity (Wildman–Crippen MR) is 146 cm³/mol. The molecule has 1 fully saturated rings. The molecule has 1 saturated heterocycles. The molecular weight excluding hydrogens is 457 g/mol. The zero-order chi connectivity index (χ0) is 26.8. The second-order valence-corrected chi connectivity index (χ2v) is 8.76. The van der Waals surface area contributed by atoms with Gasteiger partial charge in [-0.15, -0.1) is 0 Å². The lowest BCUT2D eigenvalue weighted by Gasteiger charge is -2.56. The van der Waals surface area contributed by atoms with Crippen molar-refractivity contribution in [3.05, 3.63) is 66.4 Å². The summed E-state index contributed by atoms with van der Waals surface area (Å²) in [5.74, 6) is -0.228. The molecule has 168 valence electrons. The van der Waals surface area contributed by atoms with Crippen molar-refractivity contribution < 1.29 is 9.53 Å². The Morgan fingerprint density at radius 3 is 2.22 bits per heavy atom. The number of ether oxygens (including phenoxy) is 1. The quantitative estimate of drug-likeness (QED) is 0.484. The van der Waals surface area contributed by atoms with Crippen LogP contribution in [0.2, 0.25) is 0 Å². The SMILES string of the molecule is [B]C([B])(C#N)NC(=O)c1ccc(-c2ccnc(Nc3ccc(N4C([B])([B])COCC4([B])[B])cc3)n2)cc1. The summed E-state index contributed by atoms with van der Waals surface area (Å²) in [6.45, 7) is 0.131. The van der Waals surface area contributed by atoms with Gasteiger partial charge in [0.1, 0.15) is 15.7 Å². The van der Waals surface area contributed by atoms with Crippen molar-refractivity contribution >= 4 is 70.3 Å². The van der Waals surface area contributed by atoms with Gasteiger partial charge in [-0.05, 0) is 53.1 Å². The van der Waals surface area contributed by atoms with Crippen molar-refractivity contribution in [2.24, 2.45) is 0 Å². The van der Waals surface area contributed by atoms with Gasteiger partial charge in [0.25, 0.3) is 5.91 Å². The molecule has 0 bridgehead atoms. The minimum atomic E-state index is -1.96. The van der Waals surface area contributed by atoms with Crippen LogP contribution in [0.1, 0.15) is 10.4 Å². The lowest BCUT2D eigenvalue weighted by atomic mass is 9.51. The van der Waals surface area contributed by atoms with E-state index >= 15 is 0 Å². The molecule has 2 aromatic carbocycles. The number of carbonyl (C=O) groups excluding carboxylic acids is 1. The number of hydrogen-bond donors (Lipinski definition) is 2. The number of nitrogens with zero attached hydrogens (tertiary/aromatic N) is 4. The molecule has 0 unspecified atom stereocenters. The first-order valence-electron chi connectivity index (χ1n) is 11.1. The van der Waals surface area contributed by atoms with Gasteiger partial charge in [0.2, 0.25) is 5.95 Å². The van der Waals surface area contributed by atoms with Gasteiger partial charge in [-0.25, -0.2) is 9.97 Å². The van der Waals surface area contributed by atoms with Gasteiger partial charge in [-0.3, -0.25) is 4.79 Å². The second kappa shape index (κ2) is 10.1. The predicted octanol–water partition coefficient (Wildman–Crippen LogP) is -0.0504.